The van der Waals surface area contributed by atoms with Crippen LogP contribution in [0.5, 0.6) is 5.88 Å². The lowest BCUT2D eigenvalue weighted by atomic mass is 10.1. The van der Waals surface area contributed by atoms with Crippen molar-refractivity contribution in [2.75, 3.05) is 32.8 Å². The van der Waals surface area contributed by atoms with Gasteiger partial charge in [-0.2, -0.15) is 4.98 Å². The molecular formula is C16H22N4O4. The SMILES string of the molecule is Cc1cc(OC2CCCN(C(=O)CN3CCOC3=O)C2)nc(C)n1. The molecule has 0 saturated carbocycles. The van der Waals surface area contributed by atoms with Crippen molar-refractivity contribution in [3.8, 4) is 5.88 Å². The summed E-state index contributed by atoms with van der Waals surface area (Å²) >= 11 is 0. The van der Waals surface area contributed by atoms with Crippen LogP contribution in [0.2, 0.25) is 0 Å². The molecule has 0 radical (unpaired) electrons. The fourth-order valence-electron chi connectivity index (χ4n) is 3.01. The average molecular weight is 334 g/mol. The Morgan fingerprint density at radius 2 is 2.21 bits per heavy atom. The highest BCUT2D eigenvalue weighted by atomic mass is 16.6. The van der Waals surface area contributed by atoms with E-state index < -0.39 is 6.09 Å². The first-order valence-corrected chi connectivity index (χ1v) is 8.19. The molecule has 3 rings (SSSR count). The Labute approximate surface area is 140 Å². The molecule has 0 aliphatic carbocycles. The highest BCUT2D eigenvalue weighted by Gasteiger charge is 2.29. The normalized spacial score (nSPS) is 20.9. The number of hydrogen-bond acceptors (Lipinski definition) is 6. The number of carbonyl (C=O) groups excluding carboxylic acids is 2. The molecule has 2 amide bonds. The summed E-state index contributed by atoms with van der Waals surface area (Å²) in [5, 5.41) is 0. The molecule has 3 heterocycles. The van der Waals surface area contributed by atoms with Gasteiger partial charge in [-0.15, -0.1) is 0 Å². The lowest BCUT2D eigenvalue weighted by molar-refractivity contribution is -0.134. The molecule has 8 heteroatoms. The van der Waals surface area contributed by atoms with Crippen molar-refractivity contribution in [3.63, 3.8) is 0 Å². The first kappa shape index (κ1) is 16.5. The predicted octanol–water partition coefficient (Wildman–Crippen LogP) is 0.915. The van der Waals surface area contributed by atoms with Crippen molar-refractivity contribution in [2.24, 2.45) is 0 Å². The fraction of sp³-hybridized carbons (Fsp3) is 0.625. The fourth-order valence-corrected chi connectivity index (χ4v) is 3.01. The van der Waals surface area contributed by atoms with Crippen LogP contribution in [0.3, 0.4) is 0 Å². The van der Waals surface area contributed by atoms with E-state index in [4.69, 9.17) is 9.47 Å². The van der Waals surface area contributed by atoms with Crippen molar-refractivity contribution in [1.29, 1.82) is 0 Å². The maximum Gasteiger partial charge on any atom is 0.410 e. The van der Waals surface area contributed by atoms with Gasteiger partial charge >= 0.3 is 6.09 Å². The molecule has 1 unspecified atom stereocenters. The molecule has 8 nitrogen and oxygen atoms in total. The van der Waals surface area contributed by atoms with E-state index in [1.165, 1.54) is 4.90 Å². The third kappa shape index (κ3) is 3.93. The zero-order valence-corrected chi connectivity index (χ0v) is 14.0. The Balaban J connectivity index is 1.57. The minimum atomic E-state index is -0.417. The maximum absolute atomic E-state index is 12.4. The summed E-state index contributed by atoms with van der Waals surface area (Å²) in [5.41, 5.74) is 0.855. The van der Waals surface area contributed by atoms with Gasteiger partial charge in [0.25, 0.3) is 0 Å². The molecular weight excluding hydrogens is 312 g/mol. The monoisotopic (exact) mass is 334 g/mol. The minimum Gasteiger partial charge on any atom is -0.472 e. The van der Waals surface area contributed by atoms with Crippen molar-refractivity contribution in [3.05, 3.63) is 17.6 Å². The van der Waals surface area contributed by atoms with Crippen molar-refractivity contribution in [2.45, 2.75) is 32.8 Å². The first-order chi connectivity index (χ1) is 11.5. The standard InChI is InChI=1S/C16H22N4O4/c1-11-8-14(18-12(2)17-11)24-13-4-3-5-19(9-13)15(21)10-20-6-7-23-16(20)22/h8,13H,3-7,9-10H2,1-2H3. The third-order valence-corrected chi connectivity index (χ3v) is 4.13. The molecule has 0 aromatic carbocycles. The lowest BCUT2D eigenvalue weighted by Gasteiger charge is -2.33. The second kappa shape index (κ2) is 7.02. The molecule has 1 aromatic heterocycles. The Hall–Kier alpha value is -2.38. The summed E-state index contributed by atoms with van der Waals surface area (Å²) in [7, 11) is 0. The van der Waals surface area contributed by atoms with Gasteiger partial charge in [-0.25, -0.2) is 9.78 Å². The van der Waals surface area contributed by atoms with E-state index in [9.17, 15) is 9.59 Å². The second-order valence-electron chi connectivity index (χ2n) is 6.15. The predicted molar refractivity (Wildman–Crippen MR) is 84.7 cm³/mol. The van der Waals surface area contributed by atoms with E-state index in [2.05, 4.69) is 9.97 Å². The number of aryl methyl sites for hydroxylation is 2. The second-order valence-corrected chi connectivity index (χ2v) is 6.15. The van der Waals surface area contributed by atoms with Crippen LogP contribution in [0.1, 0.15) is 24.4 Å². The summed E-state index contributed by atoms with van der Waals surface area (Å²) in [5.74, 6) is 1.14. The van der Waals surface area contributed by atoms with Crippen LogP contribution < -0.4 is 4.74 Å². The molecule has 1 atom stereocenters. The molecule has 2 aliphatic rings. The molecule has 2 fully saturated rings. The molecule has 130 valence electrons. The van der Waals surface area contributed by atoms with Crippen molar-refractivity contribution in [1.82, 2.24) is 19.8 Å². The highest BCUT2D eigenvalue weighted by molar-refractivity contribution is 5.83. The Bertz CT molecular complexity index is 616. The molecule has 2 saturated heterocycles. The minimum absolute atomic E-state index is 0.0667. The number of nitrogens with zero attached hydrogens (tertiary/aromatic N) is 4. The van der Waals surface area contributed by atoms with Gasteiger partial charge in [0.2, 0.25) is 11.8 Å². The molecule has 24 heavy (non-hydrogen) atoms. The topological polar surface area (TPSA) is 84.9 Å². The number of carbonyl (C=O) groups is 2. The van der Waals surface area contributed by atoms with Gasteiger partial charge < -0.3 is 14.4 Å². The third-order valence-electron chi connectivity index (χ3n) is 4.13. The Kier molecular flexibility index (Phi) is 4.82. The zero-order chi connectivity index (χ0) is 17.1. The number of ether oxygens (including phenoxy) is 2. The van der Waals surface area contributed by atoms with Crippen molar-refractivity contribution < 1.29 is 19.1 Å². The van der Waals surface area contributed by atoms with Crippen LogP contribution in [0, 0.1) is 13.8 Å². The van der Waals surface area contributed by atoms with Gasteiger partial charge in [-0.1, -0.05) is 0 Å². The van der Waals surface area contributed by atoms with E-state index in [1.807, 2.05) is 13.8 Å². The number of amides is 2. The maximum atomic E-state index is 12.4. The summed E-state index contributed by atoms with van der Waals surface area (Å²) < 4.78 is 10.8. The quantitative estimate of drug-likeness (QED) is 0.814. The average Bonchev–Trinajstić information content (AvgIpc) is 2.91. The number of piperidine rings is 1. The molecule has 1 aromatic rings. The van der Waals surface area contributed by atoms with Crippen LogP contribution in [0.25, 0.3) is 0 Å². The van der Waals surface area contributed by atoms with E-state index >= 15 is 0 Å². The molecule has 0 spiro atoms. The summed E-state index contributed by atoms with van der Waals surface area (Å²) in [6, 6.07) is 1.80. The van der Waals surface area contributed by atoms with Gasteiger partial charge in [0, 0.05) is 18.3 Å². The van der Waals surface area contributed by atoms with Crippen LogP contribution in [0.15, 0.2) is 6.07 Å². The van der Waals surface area contributed by atoms with Gasteiger partial charge in [-0.05, 0) is 26.7 Å². The van der Waals surface area contributed by atoms with Crippen molar-refractivity contribution >= 4 is 12.0 Å². The van der Waals surface area contributed by atoms with Crippen LogP contribution in [0.4, 0.5) is 4.79 Å². The Morgan fingerprint density at radius 3 is 2.92 bits per heavy atom. The smallest absolute Gasteiger partial charge is 0.410 e. The van der Waals surface area contributed by atoms with Gasteiger partial charge in [0.15, 0.2) is 0 Å². The van der Waals surface area contributed by atoms with Gasteiger partial charge in [0.05, 0.1) is 13.1 Å². The number of rotatable bonds is 4. The van der Waals surface area contributed by atoms with E-state index in [0.29, 0.717) is 37.9 Å². The van der Waals surface area contributed by atoms with Crippen LogP contribution >= 0.6 is 0 Å². The van der Waals surface area contributed by atoms with Gasteiger partial charge in [-0.3, -0.25) is 9.69 Å². The molecule has 2 aliphatic heterocycles. The van der Waals surface area contributed by atoms with Gasteiger partial charge in [0.1, 0.15) is 25.1 Å². The number of likely N-dealkylation sites (tertiary alicyclic amines) is 1. The molecule has 0 bridgehead atoms. The Morgan fingerprint density at radius 1 is 1.38 bits per heavy atom. The zero-order valence-electron chi connectivity index (χ0n) is 14.0. The van der Waals surface area contributed by atoms with Crippen LogP contribution in [-0.2, 0) is 9.53 Å². The summed E-state index contributed by atoms with van der Waals surface area (Å²) in [6.07, 6.45) is 1.23. The van der Waals surface area contributed by atoms with E-state index in [0.717, 1.165) is 18.5 Å². The van der Waals surface area contributed by atoms with E-state index in [-0.39, 0.29) is 18.6 Å². The number of hydrogen-bond donors (Lipinski definition) is 0. The number of aromatic nitrogens is 2. The number of cyclic esters (lactones) is 1. The van der Waals surface area contributed by atoms with Crippen LogP contribution in [-0.4, -0.2) is 70.7 Å². The molecule has 0 N–H and O–H groups in total. The highest BCUT2D eigenvalue weighted by Crippen LogP contribution is 2.18. The summed E-state index contributed by atoms with van der Waals surface area (Å²) in [4.78, 5) is 35.6. The summed E-state index contributed by atoms with van der Waals surface area (Å²) in [6.45, 7) is 5.80. The first-order valence-electron chi connectivity index (χ1n) is 8.19. The van der Waals surface area contributed by atoms with E-state index in [1.54, 1.807) is 11.0 Å². The largest absolute Gasteiger partial charge is 0.472 e. The lowest BCUT2D eigenvalue weighted by Crippen LogP contribution is -2.48.